The van der Waals surface area contributed by atoms with E-state index in [0.29, 0.717) is 17.4 Å². The average molecular weight is 261 g/mol. The summed E-state index contributed by atoms with van der Waals surface area (Å²) in [7, 11) is 0. The molecule has 0 unspecified atom stereocenters. The zero-order valence-electron chi connectivity index (χ0n) is 9.75. The van der Waals surface area contributed by atoms with Gasteiger partial charge in [0.2, 0.25) is 0 Å². The highest BCUT2D eigenvalue weighted by Gasteiger charge is 2.09. The van der Waals surface area contributed by atoms with Crippen LogP contribution in [0.3, 0.4) is 0 Å². The molecule has 0 atom stereocenters. The molecule has 0 bridgehead atoms. The van der Waals surface area contributed by atoms with Gasteiger partial charge in [-0.25, -0.2) is 14.9 Å². The Morgan fingerprint density at radius 1 is 1.56 bits per heavy atom. The normalized spacial score (nSPS) is 10.2. The largest absolute Gasteiger partial charge is 0.343 e. The van der Waals surface area contributed by atoms with Gasteiger partial charge in [-0.05, 0) is 30.3 Å². The minimum absolute atomic E-state index is 0.207. The first-order chi connectivity index (χ1) is 8.74. The highest BCUT2D eigenvalue weighted by Crippen LogP contribution is 2.24. The molecule has 2 aromatic heterocycles. The summed E-state index contributed by atoms with van der Waals surface area (Å²) >= 11 is 1.34. The number of aromatic amines is 1. The molecular weight excluding hydrogens is 250 g/mol. The van der Waals surface area contributed by atoms with Crippen molar-refractivity contribution >= 4 is 11.8 Å². The molecule has 0 aliphatic carbocycles. The van der Waals surface area contributed by atoms with Crippen molar-refractivity contribution in [2.24, 2.45) is 0 Å². The molecule has 0 radical (unpaired) electrons. The van der Waals surface area contributed by atoms with E-state index in [1.54, 1.807) is 22.9 Å². The van der Waals surface area contributed by atoms with Gasteiger partial charge in [0.15, 0.2) is 5.16 Å². The minimum Gasteiger partial charge on any atom is -0.270 e. The standard InChI is InChI=1S/C11H11N5OS/c1-2-5-16-10(17)14-15-11(16)18-9-4-3-8(6-12)13-7-9/h3-4,7H,2,5H2,1H3,(H,14,17). The highest BCUT2D eigenvalue weighted by atomic mass is 32.2. The molecule has 1 N–H and O–H groups in total. The van der Waals surface area contributed by atoms with Gasteiger partial charge in [-0.2, -0.15) is 5.26 Å². The molecular formula is C11H11N5OS. The second-order valence-electron chi connectivity index (χ2n) is 3.56. The van der Waals surface area contributed by atoms with E-state index in [-0.39, 0.29) is 5.69 Å². The Bertz CT molecular complexity index is 622. The molecule has 2 rings (SSSR count). The van der Waals surface area contributed by atoms with Gasteiger partial charge in [-0.15, -0.1) is 5.10 Å². The van der Waals surface area contributed by atoms with Crippen LogP contribution in [0, 0.1) is 11.3 Å². The lowest BCUT2D eigenvalue weighted by Crippen LogP contribution is -2.17. The lowest BCUT2D eigenvalue weighted by atomic mass is 10.4. The Kier molecular flexibility index (Phi) is 3.79. The molecule has 0 aromatic carbocycles. The third kappa shape index (κ3) is 2.60. The second-order valence-corrected chi connectivity index (χ2v) is 4.60. The van der Waals surface area contributed by atoms with Crippen molar-refractivity contribution in [3.05, 3.63) is 34.5 Å². The molecule has 0 amide bonds. The minimum atomic E-state index is -0.207. The molecule has 0 fully saturated rings. The molecule has 6 nitrogen and oxygen atoms in total. The van der Waals surface area contributed by atoms with Gasteiger partial charge in [-0.1, -0.05) is 6.92 Å². The Labute approximate surface area is 108 Å². The number of nitriles is 1. The number of nitrogens with one attached hydrogen (secondary N) is 1. The summed E-state index contributed by atoms with van der Waals surface area (Å²) in [6, 6.07) is 5.38. The van der Waals surface area contributed by atoms with Crippen molar-refractivity contribution in [3.8, 4) is 6.07 Å². The summed E-state index contributed by atoms with van der Waals surface area (Å²) in [5.74, 6) is 0. The van der Waals surface area contributed by atoms with Crippen LogP contribution in [0.2, 0.25) is 0 Å². The summed E-state index contributed by atoms with van der Waals surface area (Å²) in [6.45, 7) is 2.62. The third-order valence-corrected chi connectivity index (χ3v) is 3.20. The van der Waals surface area contributed by atoms with Gasteiger partial charge in [0.05, 0.1) is 0 Å². The second kappa shape index (κ2) is 5.51. The van der Waals surface area contributed by atoms with E-state index < -0.39 is 0 Å². The van der Waals surface area contributed by atoms with E-state index in [2.05, 4.69) is 15.2 Å². The number of H-pyrrole nitrogens is 1. The fraction of sp³-hybridized carbons (Fsp3) is 0.273. The smallest absolute Gasteiger partial charge is 0.270 e. The van der Waals surface area contributed by atoms with Gasteiger partial charge in [0.25, 0.3) is 0 Å². The molecule has 92 valence electrons. The SMILES string of the molecule is CCCn1c(Sc2ccc(C#N)nc2)n[nH]c1=O. The Balaban J connectivity index is 2.23. The van der Waals surface area contributed by atoms with Crippen LogP contribution < -0.4 is 5.69 Å². The van der Waals surface area contributed by atoms with Crippen LogP contribution in [0.5, 0.6) is 0 Å². The first-order valence-electron chi connectivity index (χ1n) is 5.43. The third-order valence-electron chi connectivity index (χ3n) is 2.23. The molecule has 7 heteroatoms. The summed E-state index contributed by atoms with van der Waals surface area (Å²) in [4.78, 5) is 16.3. The number of rotatable bonds is 4. The van der Waals surface area contributed by atoms with Crippen molar-refractivity contribution in [1.29, 1.82) is 5.26 Å². The van der Waals surface area contributed by atoms with E-state index in [0.717, 1.165) is 11.3 Å². The molecule has 0 spiro atoms. The number of nitrogens with zero attached hydrogens (tertiary/aromatic N) is 4. The van der Waals surface area contributed by atoms with Gasteiger partial charge >= 0.3 is 5.69 Å². The summed E-state index contributed by atoms with van der Waals surface area (Å²) in [6.07, 6.45) is 2.46. The van der Waals surface area contributed by atoms with E-state index in [9.17, 15) is 4.79 Å². The van der Waals surface area contributed by atoms with Crippen LogP contribution in [0.15, 0.2) is 33.2 Å². The van der Waals surface area contributed by atoms with Crippen molar-refractivity contribution in [2.45, 2.75) is 29.9 Å². The lowest BCUT2D eigenvalue weighted by molar-refractivity contribution is 0.604. The summed E-state index contributed by atoms with van der Waals surface area (Å²) < 4.78 is 1.59. The fourth-order valence-corrected chi connectivity index (χ4v) is 2.24. The van der Waals surface area contributed by atoms with E-state index in [1.807, 2.05) is 13.0 Å². The van der Waals surface area contributed by atoms with Crippen molar-refractivity contribution in [1.82, 2.24) is 19.7 Å². The van der Waals surface area contributed by atoms with Crippen LogP contribution in [-0.4, -0.2) is 19.7 Å². The number of pyridine rings is 1. The van der Waals surface area contributed by atoms with Crippen LogP contribution in [0.25, 0.3) is 0 Å². The summed E-state index contributed by atoms with van der Waals surface area (Å²) in [5.41, 5.74) is 0.160. The van der Waals surface area contributed by atoms with Gasteiger partial charge < -0.3 is 0 Å². The van der Waals surface area contributed by atoms with Gasteiger partial charge in [0.1, 0.15) is 11.8 Å². The van der Waals surface area contributed by atoms with E-state index in [4.69, 9.17) is 5.26 Å². The maximum Gasteiger partial charge on any atom is 0.343 e. The number of hydrogen-bond donors (Lipinski definition) is 1. The quantitative estimate of drug-likeness (QED) is 0.898. The molecule has 0 aliphatic rings. The predicted octanol–water partition coefficient (Wildman–Crippen LogP) is 1.40. The van der Waals surface area contributed by atoms with Gasteiger partial charge in [-0.3, -0.25) is 4.57 Å². The molecule has 0 aliphatic heterocycles. The van der Waals surface area contributed by atoms with E-state index in [1.165, 1.54) is 11.8 Å². The molecule has 18 heavy (non-hydrogen) atoms. The topological polar surface area (TPSA) is 87.4 Å². The van der Waals surface area contributed by atoms with Gasteiger partial charge in [0, 0.05) is 17.6 Å². The van der Waals surface area contributed by atoms with Crippen LogP contribution in [-0.2, 0) is 6.54 Å². The van der Waals surface area contributed by atoms with Crippen LogP contribution in [0.1, 0.15) is 19.0 Å². The predicted molar refractivity (Wildman–Crippen MR) is 66.2 cm³/mol. The zero-order chi connectivity index (χ0) is 13.0. The highest BCUT2D eigenvalue weighted by molar-refractivity contribution is 7.99. The van der Waals surface area contributed by atoms with Crippen LogP contribution in [0.4, 0.5) is 0 Å². The van der Waals surface area contributed by atoms with E-state index >= 15 is 0 Å². The maximum atomic E-state index is 11.5. The lowest BCUT2D eigenvalue weighted by Gasteiger charge is -2.02. The average Bonchev–Trinajstić information content (AvgIpc) is 2.73. The fourth-order valence-electron chi connectivity index (χ4n) is 1.41. The monoisotopic (exact) mass is 261 g/mol. The Morgan fingerprint density at radius 3 is 3.00 bits per heavy atom. The number of hydrogen-bond acceptors (Lipinski definition) is 5. The van der Waals surface area contributed by atoms with Crippen molar-refractivity contribution in [2.75, 3.05) is 0 Å². The first kappa shape index (κ1) is 12.4. The molecule has 2 aromatic rings. The van der Waals surface area contributed by atoms with Crippen molar-refractivity contribution in [3.63, 3.8) is 0 Å². The maximum absolute atomic E-state index is 11.5. The zero-order valence-corrected chi connectivity index (χ0v) is 10.6. The Hall–Kier alpha value is -2.07. The Morgan fingerprint density at radius 2 is 2.39 bits per heavy atom. The summed E-state index contributed by atoms with van der Waals surface area (Å²) in [5, 5.41) is 15.7. The first-order valence-corrected chi connectivity index (χ1v) is 6.25. The molecule has 0 saturated heterocycles. The number of aromatic nitrogens is 4. The van der Waals surface area contributed by atoms with Crippen LogP contribution >= 0.6 is 11.8 Å². The molecule has 0 saturated carbocycles. The molecule has 2 heterocycles. The van der Waals surface area contributed by atoms with Crippen molar-refractivity contribution < 1.29 is 0 Å².